The maximum atomic E-state index is 9.90. The van der Waals surface area contributed by atoms with E-state index in [1.807, 2.05) is 18.5 Å². The SMILES string of the molecule is Cc1nnc(SCC(O)COc2ccc(N)cc2)n1C. The summed E-state index contributed by atoms with van der Waals surface area (Å²) in [6.45, 7) is 2.12. The highest BCUT2D eigenvalue weighted by Crippen LogP contribution is 2.17. The van der Waals surface area contributed by atoms with Crippen LogP contribution in [0.25, 0.3) is 0 Å². The van der Waals surface area contributed by atoms with Crippen molar-refractivity contribution in [1.29, 1.82) is 0 Å². The Hall–Kier alpha value is -1.73. The number of hydrogen-bond acceptors (Lipinski definition) is 6. The molecule has 20 heavy (non-hydrogen) atoms. The van der Waals surface area contributed by atoms with Gasteiger partial charge in [0.15, 0.2) is 5.16 Å². The third kappa shape index (κ3) is 3.88. The number of aryl methyl sites for hydroxylation is 1. The number of ether oxygens (including phenoxy) is 1. The Morgan fingerprint density at radius 3 is 2.65 bits per heavy atom. The summed E-state index contributed by atoms with van der Waals surface area (Å²) in [5.74, 6) is 2.04. The number of rotatable bonds is 6. The van der Waals surface area contributed by atoms with Gasteiger partial charge in [-0.1, -0.05) is 11.8 Å². The molecule has 0 spiro atoms. The number of nitrogens with two attached hydrogens (primary N) is 1. The first-order valence-electron chi connectivity index (χ1n) is 6.21. The van der Waals surface area contributed by atoms with Crippen LogP contribution in [0, 0.1) is 6.92 Å². The molecule has 3 N–H and O–H groups in total. The maximum Gasteiger partial charge on any atom is 0.191 e. The summed E-state index contributed by atoms with van der Waals surface area (Å²) < 4.78 is 7.37. The Labute approximate surface area is 122 Å². The fraction of sp³-hybridized carbons (Fsp3) is 0.385. The second kappa shape index (κ2) is 6.62. The molecule has 7 heteroatoms. The van der Waals surface area contributed by atoms with Crippen LogP contribution in [0.4, 0.5) is 5.69 Å². The molecular formula is C13H18N4O2S. The quantitative estimate of drug-likeness (QED) is 0.616. The highest BCUT2D eigenvalue weighted by Gasteiger charge is 2.10. The third-order valence-electron chi connectivity index (χ3n) is 2.78. The van der Waals surface area contributed by atoms with E-state index in [1.165, 1.54) is 11.8 Å². The molecule has 108 valence electrons. The van der Waals surface area contributed by atoms with E-state index in [2.05, 4.69) is 10.2 Å². The van der Waals surface area contributed by atoms with Crippen LogP contribution in [0.5, 0.6) is 5.75 Å². The Morgan fingerprint density at radius 2 is 2.05 bits per heavy atom. The maximum absolute atomic E-state index is 9.90. The molecular weight excluding hydrogens is 276 g/mol. The van der Waals surface area contributed by atoms with Gasteiger partial charge >= 0.3 is 0 Å². The predicted octanol–water partition coefficient (Wildman–Crippen LogP) is 1.24. The molecule has 0 saturated carbocycles. The molecule has 0 saturated heterocycles. The molecule has 1 aromatic heterocycles. The molecule has 1 heterocycles. The second-order valence-electron chi connectivity index (χ2n) is 4.43. The average molecular weight is 294 g/mol. The van der Waals surface area contributed by atoms with Crippen molar-refractivity contribution in [2.45, 2.75) is 18.2 Å². The average Bonchev–Trinajstić information content (AvgIpc) is 2.76. The zero-order valence-corrected chi connectivity index (χ0v) is 12.3. The Bertz CT molecular complexity index is 556. The van der Waals surface area contributed by atoms with E-state index in [1.54, 1.807) is 24.3 Å². The number of thioether (sulfide) groups is 1. The smallest absolute Gasteiger partial charge is 0.191 e. The number of nitrogen functional groups attached to an aromatic ring is 1. The Morgan fingerprint density at radius 1 is 1.35 bits per heavy atom. The normalized spacial score (nSPS) is 12.3. The summed E-state index contributed by atoms with van der Waals surface area (Å²) >= 11 is 1.45. The van der Waals surface area contributed by atoms with Crippen LogP contribution in [-0.4, -0.2) is 38.3 Å². The summed E-state index contributed by atoms with van der Waals surface area (Å²) in [7, 11) is 1.90. The minimum atomic E-state index is -0.574. The fourth-order valence-electron chi connectivity index (χ4n) is 1.49. The van der Waals surface area contributed by atoms with E-state index in [9.17, 15) is 5.11 Å². The summed E-state index contributed by atoms with van der Waals surface area (Å²) in [4.78, 5) is 0. The molecule has 0 amide bonds. The van der Waals surface area contributed by atoms with Gasteiger partial charge in [-0.25, -0.2) is 0 Å². The van der Waals surface area contributed by atoms with Crippen molar-refractivity contribution < 1.29 is 9.84 Å². The molecule has 0 aliphatic carbocycles. The summed E-state index contributed by atoms with van der Waals surface area (Å²) in [5, 5.41) is 18.7. The number of hydrogen-bond donors (Lipinski definition) is 2. The fourth-order valence-corrected chi connectivity index (χ4v) is 2.35. The van der Waals surface area contributed by atoms with E-state index in [0.29, 0.717) is 17.2 Å². The van der Waals surface area contributed by atoms with Crippen LogP contribution in [0.1, 0.15) is 5.82 Å². The topological polar surface area (TPSA) is 86.2 Å². The largest absolute Gasteiger partial charge is 0.491 e. The molecule has 0 bridgehead atoms. The van der Waals surface area contributed by atoms with Crippen LogP contribution in [0.2, 0.25) is 0 Å². The molecule has 0 aliphatic rings. The minimum absolute atomic E-state index is 0.230. The van der Waals surface area contributed by atoms with Gasteiger partial charge in [0.2, 0.25) is 0 Å². The zero-order valence-electron chi connectivity index (χ0n) is 11.5. The monoisotopic (exact) mass is 294 g/mol. The van der Waals surface area contributed by atoms with Crippen molar-refractivity contribution in [3.63, 3.8) is 0 Å². The van der Waals surface area contributed by atoms with E-state index in [-0.39, 0.29) is 6.61 Å². The highest BCUT2D eigenvalue weighted by molar-refractivity contribution is 7.99. The number of nitrogens with zero attached hydrogens (tertiary/aromatic N) is 3. The molecule has 2 rings (SSSR count). The lowest BCUT2D eigenvalue weighted by atomic mass is 10.3. The Kier molecular flexibility index (Phi) is 4.86. The highest BCUT2D eigenvalue weighted by atomic mass is 32.2. The van der Waals surface area contributed by atoms with E-state index >= 15 is 0 Å². The van der Waals surface area contributed by atoms with Gasteiger partial charge in [-0.15, -0.1) is 10.2 Å². The first kappa shape index (κ1) is 14.7. The molecule has 0 fully saturated rings. The summed E-state index contributed by atoms with van der Waals surface area (Å²) in [6, 6.07) is 7.08. The van der Waals surface area contributed by atoms with Crippen LogP contribution < -0.4 is 10.5 Å². The van der Waals surface area contributed by atoms with Gasteiger partial charge in [-0.3, -0.25) is 0 Å². The van der Waals surface area contributed by atoms with E-state index in [4.69, 9.17) is 10.5 Å². The lowest BCUT2D eigenvalue weighted by Crippen LogP contribution is -2.20. The van der Waals surface area contributed by atoms with Gasteiger partial charge in [0, 0.05) is 18.5 Å². The standard InChI is InChI=1S/C13H18N4O2S/c1-9-15-16-13(17(9)2)20-8-11(18)7-19-12-5-3-10(14)4-6-12/h3-6,11,18H,7-8,14H2,1-2H3. The number of benzene rings is 1. The summed E-state index contributed by atoms with van der Waals surface area (Å²) in [6.07, 6.45) is -0.574. The predicted molar refractivity (Wildman–Crippen MR) is 78.8 cm³/mol. The molecule has 1 aromatic carbocycles. The molecule has 6 nitrogen and oxygen atoms in total. The van der Waals surface area contributed by atoms with Crippen LogP contribution in [0.15, 0.2) is 29.4 Å². The minimum Gasteiger partial charge on any atom is -0.491 e. The summed E-state index contributed by atoms with van der Waals surface area (Å²) in [5.41, 5.74) is 6.27. The molecule has 2 aromatic rings. The van der Waals surface area contributed by atoms with Crippen molar-refractivity contribution in [2.75, 3.05) is 18.1 Å². The van der Waals surface area contributed by atoms with Crippen molar-refractivity contribution in [2.24, 2.45) is 7.05 Å². The van der Waals surface area contributed by atoms with Gasteiger partial charge in [0.1, 0.15) is 18.2 Å². The van der Waals surface area contributed by atoms with Crippen molar-refractivity contribution in [3.8, 4) is 5.75 Å². The van der Waals surface area contributed by atoms with E-state index < -0.39 is 6.10 Å². The molecule has 1 unspecified atom stereocenters. The van der Waals surface area contributed by atoms with Crippen LogP contribution in [-0.2, 0) is 7.05 Å². The number of aliphatic hydroxyl groups is 1. The molecule has 1 atom stereocenters. The van der Waals surface area contributed by atoms with Gasteiger partial charge in [-0.05, 0) is 31.2 Å². The second-order valence-corrected chi connectivity index (χ2v) is 5.42. The van der Waals surface area contributed by atoms with Crippen molar-refractivity contribution in [3.05, 3.63) is 30.1 Å². The molecule has 0 aliphatic heterocycles. The van der Waals surface area contributed by atoms with Gasteiger partial charge in [0.05, 0.1) is 6.10 Å². The third-order valence-corrected chi connectivity index (χ3v) is 3.95. The van der Waals surface area contributed by atoms with Crippen molar-refractivity contribution in [1.82, 2.24) is 14.8 Å². The van der Waals surface area contributed by atoms with Crippen LogP contribution in [0.3, 0.4) is 0 Å². The number of aromatic nitrogens is 3. The first-order valence-corrected chi connectivity index (χ1v) is 7.20. The van der Waals surface area contributed by atoms with Crippen molar-refractivity contribution >= 4 is 17.4 Å². The zero-order chi connectivity index (χ0) is 14.5. The van der Waals surface area contributed by atoms with Gasteiger partial charge < -0.3 is 20.1 Å². The lowest BCUT2D eigenvalue weighted by Gasteiger charge is -2.12. The molecule has 0 radical (unpaired) electrons. The number of anilines is 1. The first-order chi connectivity index (χ1) is 9.56. The lowest BCUT2D eigenvalue weighted by molar-refractivity contribution is 0.126. The van der Waals surface area contributed by atoms with E-state index in [0.717, 1.165) is 11.0 Å². The van der Waals surface area contributed by atoms with Gasteiger partial charge in [-0.2, -0.15) is 0 Å². The Balaban J connectivity index is 1.76. The van der Waals surface area contributed by atoms with Crippen LogP contribution >= 0.6 is 11.8 Å². The number of aliphatic hydroxyl groups excluding tert-OH is 1. The van der Waals surface area contributed by atoms with Gasteiger partial charge in [0.25, 0.3) is 0 Å².